The summed E-state index contributed by atoms with van der Waals surface area (Å²) < 4.78 is 0. The minimum Gasteiger partial charge on any atom is -0.357 e. The van der Waals surface area contributed by atoms with Crippen molar-refractivity contribution in [2.24, 2.45) is 0 Å². The Labute approximate surface area is 113 Å². The molecule has 0 unspecified atom stereocenters. The van der Waals surface area contributed by atoms with Gasteiger partial charge in [-0.25, -0.2) is 0 Å². The monoisotopic (exact) mass is 286 g/mol. The summed E-state index contributed by atoms with van der Waals surface area (Å²) in [4.78, 5) is 24.5. The van der Waals surface area contributed by atoms with Crippen LogP contribution in [0, 0.1) is 10.1 Å². The van der Waals surface area contributed by atoms with Gasteiger partial charge in [-0.2, -0.15) is 11.8 Å². The number of ketones is 1. The van der Waals surface area contributed by atoms with E-state index < -0.39 is 4.92 Å². The highest BCUT2D eigenvalue weighted by Crippen LogP contribution is 2.38. The summed E-state index contributed by atoms with van der Waals surface area (Å²) in [6.45, 7) is 3.08. The van der Waals surface area contributed by atoms with E-state index in [1.807, 2.05) is 16.7 Å². The zero-order valence-corrected chi connectivity index (χ0v) is 11.7. The molecule has 7 heteroatoms. The van der Waals surface area contributed by atoms with Crippen LogP contribution in [0.1, 0.15) is 23.0 Å². The Kier molecular flexibility index (Phi) is 4.23. The van der Waals surface area contributed by atoms with E-state index in [-0.39, 0.29) is 11.5 Å². The van der Waals surface area contributed by atoms with Crippen LogP contribution in [0.25, 0.3) is 0 Å². The normalized spacial score (nSPS) is 16.4. The molecule has 0 spiro atoms. The standard InChI is InChI=1S/C11H14N2O3S2/c1-8(14)10-7-9(13(15)16)11(18-10)12-3-2-5-17-6-4-12/h7H,2-6H2,1H3. The summed E-state index contributed by atoms with van der Waals surface area (Å²) in [6, 6.07) is 1.40. The predicted molar refractivity (Wildman–Crippen MR) is 75.1 cm³/mol. The van der Waals surface area contributed by atoms with Gasteiger partial charge in [-0.05, 0) is 19.1 Å². The molecule has 0 radical (unpaired) electrons. The van der Waals surface area contributed by atoms with Crippen molar-refractivity contribution >= 4 is 39.6 Å². The van der Waals surface area contributed by atoms with Crippen molar-refractivity contribution in [3.8, 4) is 0 Å². The number of thiophene rings is 1. The first-order chi connectivity index (χ1) is 8.59. The molecule has 0 aliphatic carbocycles. The smallest absolute Gasteiger partial charge is 0.304 e. The molecule has 98 valence electrons. The minimum atomic E-state index is -0.393. The first-order valence-corrected chi connectivity index (χ1v) is 7.68. The molecule has 2 rings (SSSR count). The van der Waals surface area contributed by atoms with Gasteiger partial charge in [0.2, 0.25) is 0 Å². The highest BCUT2D eigenvalue weighted by Gasteiger charge is 2.25. The molecule has 1 aromatic heterocycles. The summed E-state index contributed by atoms with van der Waals surface area (Å²) in [5.41, 5.74) is 0.0668. The molecule has 0 saturated carbocycles. The lowest BCUT2D eigenvalue weighted by atomic mass is 10.3. The van der Waals surface area contributed by atoms with Crippen LogP contribution in [0.4, 0.5) is 10.7 Å². The zero-order valence-electron chi connectivity index (χ0n) is 10.0. The molecule has 0 N–H and O–H groups in total. The second kappa shape index (κ2) is 5.71. The summed E-state index contributed by atoms with van der Waals surface area (Å²) in [5, 5.41) is 11.7. The summed E-state index contributed by atoms with van der Waals surface area (Å²) in [7, 11) is 0. The van der Waals surface area contributed by atoms with Crippen molar-refractivity contribution in [3.05, 3.63) is 21.1 Å². The first kappa shape index (κ1) is 13.4. The van der Waals surface area contributed by atoms with E-state index in [1.54, 1.807) is 0 Å². The van der Waals surface area contributed by atoms with Crippen LogP contribution < -0.4 is 4.90 Å². The van der Waals surface area contributed by atoms with Gasteiger partial charge in [-0.15, -0.1) is 11.3 Å². The number of anilines is 1. The SMILES string of the molecule is CC(=O)c1cc([N+](=O)[O-])c(N2CCCSCC2)s1. The number of thioether (sulfide) groups is 1. The van der Waals surface area contributed by atoms with Gasteiger partial charge in [0.1, 0.15) is 0 Å². The fourth-order valence-corrected chi connectivity index (χ4v) is 3.81. The van der Waals surface area contributed by atoms with Crippen molar-refractivity contribution in [2.45, 2.75) is 13.3 Å². The molecule has 5 nitrogen and oxygen atoms in total. The number of Topliss-reactive ketones (excluding diaryl/α,β-unsaturated/α-hetero) is 1. The Morgan fingerprint density at radius 3 is 2.89 bits per heavy atom. The van der Waals surface area contributed by atoms with Crippen molar-refractivity contribution < 1.29 is 9.72 Å². The van der Waals surface area contributed by atoms with Gasteiger partial charge in [-0.3, -0.25) is 14.9 Å². The maximum Gasteiger partial charge on any atom is 0.304 e. The van der Waals surface area contributed by atoms with Gasteiger partial charge >= 0.3 is 5.69 Å². The topological polar surface area (TPSA) is 63.4 Å². The Balaban J connectivity index is 2.34. The van der Waals surface area contributed by atoms with Crippen LogP contribution in [0.15, 0.2) is 6.07 Å². The second-order valence-corrected chi connectivity index (χ2v) is 6.32. The third kappa shape index (κ3) is 2.84. The average molecular weight is 286 g/mol. The molecule has 0 aromatic carbocycles. The van der Waals surface area contributed by atoms with Crippen molar-refractivity contribution in [1.82, 2.24) is 0 Å². The third-order valence-electron chi connectivity index (χ3n) is 2.75. The average Bonchev–Trinajstić information content (AvgIpc) is 2.59. The third-order valence-corrected chi connectivity index (χ3v) is 5.08. The highest BCUT2D eigenvalue weighted by atomic mass is 32.2. The largest absolute Gasteiger partial charge is 0.357 e. The predicted octanol–water partition coefficient (Wildman–Crippen LogP) is 2.80. The van der Waals surface area contributed by atoms with Crippen molar-refractivity contribution in [2.75, 3.05) is 29.5 Å². The lowest BCUT2D eigenvalue weighted by Crippen LogP contribution is -2.25. The van der Waals surface area contributed by atoms with Gasteiger partial charge in [-0.1, -0.05) is 0 Å². The minimum absolute atomic E-state index is 0.0668. The first-order valence-electron chi connectivity index (χ1n) is 5.71. The molecular weight excluding hydrogens is 272 g/mol. The number of carbonyl (C=O) groups excluding carboxylic acids is 1. The van der Waals surface area contributed by atoms with Crippen LogP contribution in [0.5, 0.6) is 0 Å². The van der Waals surface area contributed by atoms with E-state index >= 15 is 0 Å². The van der Waals surface area contributed by atoms with E-state index in [9.17, 15) is 14.9 Å². The number of nitro groups is 1. The van der Waals surface area contributed by atoms with E-state index in [1.165, 1.54) is 24.3 Å². The lowest BCUT2D eigenvalue weighted by molar-refractivity contribution is -0.383. The van der Waals surface area contributed by atoms with Crippen LogP contribution in [-0.2, 0) is 0 Å². The van der Waals surface area contributed by atoms with Gasteiger partial charge in [0.05, 0.1) is 9.80 Å². The molecule has 1 saturated heterocycles. The molecular formula is C11H14N2O3S2. The molecule has 18 heavy (non-hydrogen) atoms. The Bertz CT molecular complexity index is 465. The Morgan fingerprint density at radius 2 is 2.22 bits per heavy atom. The molecule has 1 aromatic rings. The summed E-state index contributed by atoms with van der Waals surface area (Å²) in [5.74, 6) is 1.96. The van der Waals surface area contributed by atoms with E-state index in [0.717, 1.165) is 31.0 Å². The van der Waals surface area contributed by atoms with Crippen molar-refractivity contribution in [1.29, 1.82) is 0 Å². The molecule has 1 aliphatic rings. The number of hydrogen-bond acceptors (Lipinski definition) is 6. The Morgan fingerprint density at radius 1 is 1.44 bits per heavy atom. The zero-order chi connectivity index (χ0) is 13.1. The van der Waals surface area contributed by atoms with E-state index in [2.05, 4.69) is 0 Å². The highest BCUT2D eigenvalue weighted by molar-refractivity contribution is 7.99. The number of hydrogen-bond donors (Lipinski definition) is 0. The molecule has 0 bridgehead atoms. The summed E-state index contributed by atoms with van der Waals surface area (Å²) >= 11 is 3.10. The van der Waals surface area contributed by atoms with Crippen molar-refractivity contribution in [3.63, 3.8) is 0 Å². The number of rotatable bonds is 3. The van der Waals surface area contributed by atoms with Gasteiger partial charge in [0.15, 0.2) is 10.8 Å². The molecule has 1 fully saturated rings. The van der Waals surface area contributed by atoms with Gasteiger partial charge < -0.3 is 4.90 Å². The molecule has 2 heterocycles. The van der Waals surface area contributed by atoms with E-state index in [0.29, 0.717) is 9.88 Å². The number of nitrogens with zero attached hydrogens (tertiary/aromatic N) is 2. The fourth-order valence-electron chi connectivity index (χ4n) is 1.85. The second-order valence-electron chi connectivity index (χ2n) is 4.07. The lowest BCUT2D eigenvalue weighted by Gasteiger charge is -2.19. The van der Waals surface area contributed by atoms with Gasteiger partial charge in [0.25, 0.3) is 0 Å². The fraction of sp³-hybridized carbons (Fsp3) is 0.545. The Hall–Kier alpha value is -1.08. The number of carbonyl (C=O) groups is 1. The van der Waals surface area contributed by atoms with E-state index in [4.69, 9.17) is 0 Å². The van der Waals surface area contributed by atoms with Gasteiger partial charge in [0, 0.05) is 24.9 Å². The maximum atomic E-state index is 11.3. The maximum absolute atomic E-state index is 11.3. The quantitative estimate of drug-likeness (QED) is 0.485. The van der Waals surface area contributed by atoms with Crippen LogP contribution >= 0.6 is 23.1 Å². The summed E-state index contributed by atoms with van der Waals surface area (Å²) in [6.07, 6.45) is 1.02. The van der Waals surface area contributed by atoms with Crippen LogP contribution in [0.3, 0.4) is 0 Å². The molecule has 1 aliphatic heterocycles. The molecule has 0 atom stereocenters. The van der Waals surface area contributed by atoms with Crippen LogP contribution in [0.2, 0.25) is 0 Å². The molecule has 0 amide bonds. The van der Waals surface area contributed by atoms with Crippen LogP contribution in [-0.4, -0.2) is 35.3 Å².